The van der Waals surface area contributed by atoms with Crippen molar-refractivity contribution in [3.8, 4) is 0 Å². The van der Waals surface area contributed by atoms with Crippen LogP contribution in [0.5, 0.6) is 0 Å². The summed E-state index contributed by atoms with van der Waals surface area (Å²) >= 11 is 0. The smallest absolute Gasteiger partial charge is 0.282 e. The number of hydrogen-bond donors (Lipinski definition) is 1. The number of aryl methyl sites for hydroxylation is 1. The van der Waals surface area contributed by atoms with Crippen LogP contribution in [0.4, 0.5) is 5.69 Å². The quantitative estimate of drug-likeness (QED) is 0.582. The number of benzene rings is 2. The molecule has 0 radical (unpaired) electrons. The van der Waals surface area contributed by atoms with Crippen LogP contribution in [-0.2, 0) is 0 Å². The zero-order valence-electron chi connectivity index (χ0n) is 12.4. The van der Waals surface area contributed by atoms with Gasteiger partial charge in [-0.1, -0.05) is 24.3 Å². The molecule has 110 valence electrons. The van der Waals surface area contributed by atoms with E-state index in [0.29, 0.717) is 22.4 Å². The zero-order valence-corrected chi connectivity index (χ0v) is 12.4. The third-order valence-electron chi connectivity index (χ3n) is 3.49. The summed E-state index contributed by atoms with van der Waals surface area (Å²) in [5, 5.41) is 4.98. The largest absolute Gasteiger partial charge is 0.399 e. The Morgan fingerprint density at radius 2 is 1.82 bits per heavy atom. The predicted octanol–water partition coefficient (Wildman–Crippen LogP) is 2.56. The van der Waals surface area contributed by atoms with Crippen molar-refractivity contribution >= 4 is 22.3 Å². The van der Waals surface area contributed by atoms with Gasteiger partial charge < -0.3 is 5.73 Å². The summed E-state index contributed by atoms with van der Waals surface area (Å²) in [6, 6.07) is 14.6. The van der Waals surface area contributed by atoms with E-state index < -0.39 is 0 Å². The molecule has 2 N–H and O–H groups in total. The van der Waals surface area contributed by atoms with Gasteiger partial charge in [-0.2, -0.15) is 9.78 Å². The van der Waals surface area contributed by atoms with Crippen LogP contribution in [0.2, 0.25) is 0 Å². The lowest BCUT2D eigenvalue weighted by Gasteiger charge is -2.07. The van der Waals surface area contributed by atoms with Crippen LogP contribution in [0, 0.1) is 6.92 Å². The Morgan fingerprint density at radius 3 is 2.55 bits per heavy atom. The summed E-state index contributed by atoms with van der Waals surface area (Å²) in [5.74, 6) is 0.554. The van der Waals surface area contributed by atoms with Gasteiger partial charge in [0.15, 0.2) is 0 Å². The maximum Gasteiger partial charge on any atom is 0.282 e. The first-order valence-corrected chi connectivity index (χ1v) is 6.96. The number of para-hydroxylation sites is 1. The Kier molecular flexibility index (Phi) is 3.47. The second-order valence-corrected chi connectivity index (χ2v) is 5.10. The second kappa shape index (κ2) is 5.44. The van der Waals surface area contributed by atoms with E-state index >= 15 is 0 Å². The molecule has 0 unspecified atom stereocenters. The van der Waals surface area contributed by atoms with E-state index in [1.165, 1.54) is 4.68 Å². The lowest BCUT2D eigenvalue weighted by Crippen LogP contribution is -2.21. The van der Waals surface area contributed by atoms with Crippen LogP contribution in [-0.4, -0.2) is 15.4 Å². The van der Waals surface area contributed by atoms with Crippen molar-refractivity contribution in [3.63, 3.8) is 0 Å². The average Bonchev–Trinajstić information content (AvgIpc) is 2.52. The molecule has 22 heavy (non-hydrogen) atoms. The summed E-state index contributed by atoms with van der Waals surface area (Å²) in [6.07, 6.45) is 0. The number of rotatable bonds is 2. The van der Waals surface area contributed by atoms with Gasteiger partial charge in [-0.15, -0.1) is 0 Å². The second-order valence-electron chi connectivity index (χ2n) is 5.10. The molecule has 0 aliphatic carbocycles. The number of anilines is 1. The maximum atomic E-state index is 12.6. The summed E-state index contributed by atoms with van der Waals surface area (Å²) in [4.78, 5) is 17.0. The third kappa shape index (κ3) is 2.48. The van der Waals surface area contributed by atoms with Crippen molar-refractivity contribution in [1.82, 2.24) is 9.66 Å². The molecule has 0 fully saturated rings. The predicted molar refractivity (Wildman–Crippen MR) is 89.2 cm³/mol. The Morgan fingerprint density at radius 1 is 1.14 bits per heavy atom. The molecule has 3 rings (SSSR count). The van der Waals surface area contributed by atoms with Gasteiger partial charge in [0.2, 0.25) is 0 Å². The highest BCUT2D eigenvalue weighted by Crippen LogP contribution is 2.09. The van der Waals surface area contributed by atoms with Crippen molar-refractivity contribution in [2.45, 2.75) is 13.8 Å². The molecule has 0 saturated heterocycles. The van der Waals surface area contributed by atoms with Crippen molar-refractivity contribution in [2.75, 3.05) is 5.73 Å². The van der Waals surface area contributed by atoms with Gasteiger partial charge in [0.1, 0.15) is 5.82 Å². The normalized spacial score (nSPS) is 11.8. The summed E-state index contributed by atoms with van der Waals surface area (Å²) < 4.78 is 1.34. The Labute approximate surface area is 127 Å². The van der Waals surface area contributed by atoms with Crippen LogP contribution in [0.1, 0.15) is 18.3 Å². The molecule has 1 heterocycles. The van der Waals surface area contributed by atoms with Crippen molar-refractivity contribution in [2.24, 2.45) is 5.10 Å². The molecule has 0 atom stereocenters. The number of nitrogen functional groups attached to an aromatic ring is 1. The number of hydrogen-bond acceptors (Lipinski definition) is 4. The molecule has 1 aromatic heterocycles. The molecule has 0 bridgehead atoms. The first-order valence-electron chi connectivity index (χ1n) is 6.96. The Balaban J connectivity index is 2.16. The minimum Gasteiger partial charge on any atom is -0.399 e. The molecule has 0 aliphatic heterocycles. The number of nitrogens with two attached hydrogens (primary N) is 1. The number of aromatic nitrogens is 2. The topological polar surface area (TPSA) is 73.3 Å². The van der Waals surface area contributed by atoms with Crippen molar-refractivity contribution in [3.05, 3.63) is 70.3 Å². The van der Waals surface area contributed by atoms with Crippen molar-refractivity contribution < 1.29 is 0 Å². The maximum absolute atomic E-state index is 12.6. The van der Waals surface area contributed by atoms with Gasteiger partial charge in [-0.25, -0.2) is 4.98 Å². The van der Waals surface area contributed by atoms with E-state index in [4.69, 9.17) is 5.73 Å². The van der Waals surface area contributed by atoms with Crippen LogP contribution in [0.25, 0.3) is 10.9 Å². The standard InChI is InChI=1S/C17H16N4O/c1-11(13-7-9-14(18)10-8-13)20-21-12(2)19-16-6-4-3-5-15(16)17(21)22/h3-10H,18H2,1-2H3/b20-11-. The first kappa shape index (κ1) is 14.0. The highest BCUT2D eigenvalue weighted by molar-refractivity contribution is 5.98. The number of fused-ring (bicyclic) bond motifs is 1. The zero-order chi connectivity index (χ0) is 15.7. The summed E-state index contributed by atoms with van der Waals surface area (Å²) in [7, 11) is 0. The Hall–Kier alpha value is -2.95. The van der Waals surface area contributed by atoms with Gasteiger partial charge in [-0.05, 0) is 43.7 Å². The third-order valence-corrected chi connectivity index (χ3v) is 3.49. The SMILES string of the molecule is C/C(=N/n1c(C)nc2ccccc2c1=O)c1ccc(N)cc1. The van der Waals surface area contributed by atoms with Crippen LogP contribution >= 0.6 is 0 Å². The molecular weight excluding hydrogens is 276 g/mol. The number of nitrogens with zero attached hydrogens (tertiary/aromatic N) is 3. The van der Waals surface area contributed by atoms with Gasteiger partial charge in [0.05, 0.1) is 16.6 Å². The lowest BCUT2D eigenvalue weighted by atomic mass is 10.1. The average molecular weight is 292 g/mol. The summed E-state index contributed by atoms with van der Waals surface area (Å²) in [6.45, 7) is 3.63. The van der Waals surface area contributed by atoms with Crippen molar-refractivity contribution in [1.29, 1.82) is 0 Å². The highest BCUT2D eigenvalue weighted by atomic mass is 16.1. The van der Waals surface area contributed by atoms with Crippen LogP contribution < -0.4 is 11.3 Å². The van der Waals surface area contributed by atoms with Crippen LogP contribution in [0.15, 0.2) is 58.4 Å². The van der Waals surface area contributed by atoms with E-state index in [1.54, 1.807) is 13.0 Å². The van der Waals surface area contributed by atoms with E-state index in [9.17, 15) is 4.79 Å². The fraction of sp³-hybridized carbons (Fsp3) is 0.118. The fourth-order valence-corrected chi connectivity index (χ4v) is 2.28. The lowest BCUT2D eigenvalue weighted by molar-refractivity contribution is 0.766. The first-order chi connectivity index (χ1) is 10.6. The van der Waals surface area contributed by atoms with E-state index in [-0.39, 0.29) is 5.56 Å². The van der Waals surface area contributed by atoms with E-state index in [2.05, 4.69) is 10.1 Å². The molecule has 3 aromatic rings. The molecule has 5 heteroatoms. The highest BCUT2D eigenvalue weighted by Gasteiger charge is 2.07. The Bertz CT molecular complexity index is 924. The minimum atomic E-state index is -0.169. The van der Waals surface area contributed by atoms with Gasteiger partial charge >= 0.3 is 0 Å². The minimum absolute atomic E-state index is 0.169. The summed E-state index contributed by atoms with van der Waals surface area (Å²) in [5.41, 5.74) is 8.53. The molecule has 0 amide bonds. The van der Waals surface area contributed by atoms with Gasteiger partial charge in [0, 0.05) is 5.69 Å². The molecular formula is C17H16N4O. The fourth-order valence-electron chi connectivity index (χ4n) is 2.28. The van der Waals surface area contributed by atoms with E-state index in [1.807, 2.05) is 49.4 Å². The molecule has 0 aliphatic rings. The molecule has 0 saturated carbocycles. The van der Waals surface area contributed by atoms with Gasteiger partial charge in [-0.3, -0.25) is 4.79 Å². The monoisotopic (exact) mass is 292 g/mol. The molecule has 2 aromatic carbocycles. The van der Waals surface area contributed by atoms with Crippen LogP contribution in [0.3, 0.4) is 0 Å². The molecule has 5 nitrogen and oxygen atoms in total. The van der Waals surface area contributed by atoms with E-state index in [0.717, 1.165) is 11.3 Å². The van der Waals surface area contributed by atoms with Gasteiger partial charge in [0.25, 0.3) is 5.56 Å². The molecule has 0 spiro atoms.